The topological polar surface area (TPSA) is 50.9 Å². The van der Waals surface area contributed by atoms with Crippen molar-refractivity contribution in [3.8, 4) is 0 Å². The minimum atomic E-state index is -0.0524. The van der Waals surface area contributed by atoms with E-state index in [1.807, 2.05) is 19.2 Å². The van der Waals surface area contributed by atoms with Crippen LogP contribution in [0.15, 0.2) is 36.7 Å². The second-order valence-electron chi connectivity index (χ2n) is 4.45. The van der Waals surface area contributed by atoms with Gasteiger partial charge in [0.2, 0.25) is 0 Å². The molecule has 1 unspecified atom stereocenters. The largest absolute Gasteiger partial charge is 0.271 e. The predicted molar refractivity (Wildman–Crippen MR) is 79.2 cm³/mol. The van der Waals surface area contributed by atoms with Crippen LogP contribution in [-0.2, 0) is 6.42 Å². The van der Waals surface area contributed by atoms with Gasteiger partial charge in [0.05, 0.1) is 6.04 Å². The highest BCUT2D eigenvalue weighted by atomic mass is 35.5. The third-order valence-electron chi connectivity index (χ3n) is 2.93. The van der Waals surface area contributed by atoms with Gasteiger partial charge in [-0.15, -0.1) is 0 Å². The maximum Gasteiger partial charge on any atom is 0.0516 e. The fourth-order valence-corrected chi connectivity index (χ4v) is 2.35. The first-order valence-electron chi connectivity index (χ1n) is 5.91. The van der Waals surface area contributed by atoms with Gasteiger partial charge in [0, 0.05) is 22.4 Å². The highest BCUT2D eigenvalue weighted by Gasteiger charge is 2.13. The van der Waals surface area contributed by atoms with Gasteiger partial charge in [-0.25, -0.2) is 0 Å². The minimum absolute atomic E-state index is 0.0524. The molecule has 1 aromatic carbocycles. The van der Waals surface area contributed by atoms with Crippen LogP contribution in [0.1, 0.15) is 22.7 Å². The van der Waals surface area contributed by atoms with Gasteiger partial charge in [0.15, 0.2) is 0 Å². The molecule has 0 fully saturated rings. The van der Waals surface area contributed by atoms with Crippen molar-refractivity contribution in [2.24, 2.45) is 5.84 Å². The molecule has 3 nitrogen and oxygen atoms in total. The predicted octanol–water partition coefficient (Wildman–Crippen LogP) is 3.44. The Balaban J connectivity index is 2.26. The lowest BCUT2D eigenvalue weighted by Crippen LogP contribution is -2.29. The maximum atomic E-state index is 6.17. The molecule has 1 aromatic heterocycles. The molecule has 19 heavy (non-hydrogen) atoms. The van der Waals surface area contributed by atoms with Gasteiger partial charge in [0.25, 0.3) is 0 Å². The number of nitrogens with one attached hydrogen (secondary N) is 1. The van der Waals surface area contributed by atoms with E-state index < -0.39 is 0 Å². The van der Waals surface area contributed by atoms with Crippen molar-refractivity contribution >= 4 is 23.2 Å². The van der Waals surface area contributed by atoms with Gasteiger partial charge >= 0.3 is 0 Å². The fourth-order valence-electron chi connectivity index (χ4n) is 1.96. The summed E-state index contributed by atoms with van der Waals surface area (Å²) in [7, 11) is 0. The fraction of sp³-hybridized carbons (Fsp3) is 0.214. The van der Waals surface area contributed by atoms with Gasteiger partial charge in [-0.2, -0.15) is 0 Å². The lowest BCUT2D eigenvalue weighted by atomic mass is 10.00. The Morgan fingerprint density at radius 2 is 2.05 bits per heavy atom. The Morgan fingerprint density at radius 3 is 2.74 bits per heavy atom. The van der Waals surface area contributed by atoms with E-state index in [0.717, 1.165) is 16.7 Å². The Kier molecular flexibility index (Phi) is 4.77. The lowest BCUT2D eigenvalue weighted by Gasteiger charge is -2.17. The number of nitrogens with zero attached hydrogens (tertiary/aromatic N) is 1. The Bertz CT molecular complexity index is 572. The van der Waals surface area contributed by atoms with Crippen LogP contribution in [0.5, 0.6) is 0 Å². The summed E-state index contributed by atoms with van der Waals surface area (Å²) in [6, 6.07) is 7.42. The molecule has 0 spiro atoms. The zero-order valence-corrected chi connectivity index (χ0v) is 12.0. The van der Waals surface area contributed by atoms with Crippen molar-refractivity contribution in [2.45, 2.75) is 19.4 Å². The van der Waals surface area contributed by atoms with Crippen LogP contribution < -0.4 is 11.3 Å². The van der Waals surface area contributed by atoms with Gasteiger partial charge in [0.1, 0.15) is 0 Å². The van der Waals surface area contributed by atoms with Crippen LogP contribution in [0, 0.1) is 6.92 Å². The molecule has 5 heteroatoms. The van der Waals surface area contributed by atoms with Gasteiger partial charge in [-0.05, 0) is 48.2 Å². The van der Waals surface area contributed by atoms with Crippen LogP contribution in [0.3, 0.4) is 0 Å². The zero-order valence-electron chi connectivity index (χ0n) is 10.5. The van der Waals surface area contributed by atoms with Gasteiger partial charge < -0.3 is 0 Å². The molecule has 0 radical (unpaired) electrons. The number of nitrogens with two attached hydrogens (primary N) is 1. The van der Waals surface area contributed by atoms with Crippen LogP contribution in [-0.4, -0.2) is 4.98 Å². The van der Waals surface area contributed by atoms with Crippen LogP contribution in [0.25, 0.3) is 0 Å². The number of hydrogen-bond acceptors (Lipinski definition) is 3. The molecular formula is C14H15Cl2N3. The summed E-state index contributed by atoms with van der Waals surface area (Å²) in [6.45, 7) is 2.00. The standard InChI is InChI=1S/C14H15Cl2N3/c1-9-4-11(8-18-7-9)14(19-17)6-10-5-12(15)2-3-13(10)16/h2-5,7-8,14,19H,6,17H2,1H3. The summed E-state index contributed by atoms with van der Waals surface area (Å²) >= 11 is 12.2. The third kappa shape index (κ3) is 3.67. The molecule has 0 aliphatic carbocycles. The summed E-state index contributed by atoms with van der Waals surface area (Å²) in [4.78, 5) is 4.18. The van der Waals surface area contributed by atoms with Crippen molar-refractivity contribution < 1.29 is 0 Å². The zero-order chi connectivity index (χ0) is 13.8. The van der Waals surface area contributed by atoms with Crippen molar-refractivity contribution in [3.63, 3.8) is 0 Å². The van der Waals surface area contributed by atoms with E-state index in [1.54, 1.807) is 18.3 Å². The molecule has 0 aliphatic rings. The molecule has 0 amide bonds. The summed E-state index contributed by atoms with van der Waals surface area (Å²) in [5.74, 6) is 5.64. The first kappa shape index (κ1) is 14.3. The highest BCUT2D eigenvalue weighted by molar-refractivity contribution is 6.33. The number of hydrazine groups is 1. The Hall–Kier alpha value is -1.13. The number of halogens is 2. The number of benzene rings is 1. The SMILES string of the molecule is Cc1cncc(C(Cc2cc(Cl)ccc2Cl)NN)c1. The number of aryl methyl sites for hydroxylation is 1. The molecule has 2 rings (SSSR count). The molecule has 0 bridgehead atoms. The summed E-state index contributed by atoms with van der Waals surface area (Å²) in [5.41, 5.74) is 5.88. The Morgan fingerprint density at radius 1 is 1.26 bits per heavy atom. The third-order valence-corrected chi connectivity index (χ3v) is 3.54. The summed E-state index contributed by atoms with van der Waals surface area (Å²) < 4.78 is 0. The smallest absolute Gasteiger partial charge is 0.0516 e. The van der Waals surface area contributed by atoms with Crippen LogP contribution >= 0.6 is 23.2 Å². The van der Waals surface area contributed by atoms with E-state index in [0.29, 0.717) is 16.5 Å². The van der Waals surface area contributed by atoms with E-state index in [1.165, 1.54) is 0 Å². The molecule has 2 aromatic rings. The average Bonchev–Trinajstić information content (AvgIpc) is 2.39. The monoisotopic (exact) mass is 295 g/mol. The van der Waals surface area contributed by atoms with Crippen LogP contribution in [0.4, 0.5) is 0 Å². The molecule has 0 saturated heterocycles. The second kappa shape index (κ2) is 6.35. The average molecular weight is 296 g/mol. The molecular weight excluding hydrogens is 281 g/mol. The van der Waals surface area contributed by atoms with E-state index in [9.17, 15) is 0 Å². The minimum Gasteiger partial charge on any atom is -0.271 e. The highest BCUT2D eigenvalue weighted by Crippen LogP contribution is 2.26. The first-order chi connectivity index (χ1) is 9.10. The number of pyridine rings is 1. The summed E-state index contributed by atoms with van der Waals surface area (Å²) in [5, 5.41) is 1.35. The number of hydrogen-bond donors (Lipinski definition) is 2. The quantitative estimate of drug-likeness (QED) is 0.671. The summed E-state index contributed by atoms with van der Waals surface area (Å²) in [6.07, 6.45) is 4.26. The van der Waals surface area contributed by atoms with E-state index in [2.05, 4.69) is 16.5 Å². The maximum absolute atomic E-state index is 6.17. The van der Waals surface area contributed by atoms with Crippen LogP contribution in [0.2, 0.25) is 10.0 Å². The van der Waals surface area contributed by atoms with Crippen molar-refractivity contribution in [2.75, 3.05) is 0 Å². The van der Waals surface area contributed by atoms with E-state index >= 15 is 0 Å². The lowest BCUT2D eigenvalue weighted by molar-refractivity contribution is 0.550. The molecule has 100 valence electrons. The van der Waals surface area contributed by atoms with Crippen molar-refractivity contribution in [3.05, 3.63) is 63.4 Å². The molecule has 0 aliphatic heterocycles. The van der Waals surface area contributed by atoms with Gasteiger partial charge in [-0.3, -0.25) is 16.3 Å². The molecule has 0 saturated carbocycles. The van der Waals surface area contributed by atoms with E-state index in [-0.39, 0.29) is 6.04 Å². The normalized spacial score (nSPS) is 12.4. The molecule has 1 atom stereocenters. The first-order valence-corrected chi connectivity index (χ1v) is 6.67. The molecule has 1 heterocycles. The van der Waals surface area contributed by atoms with E-state index in [4.69, 9.17) is 29.0 Å². The number of aromatic nitrogens is 1. The van der Waals surface area contributed by atoms with Crippen molar-refractivity contribution in [1.29, 1.82) is 0 Å². The van der Waals surface area contributed by atoms with Crippen molar-refractivity contribution in [1.82, 2.24) is 10.4 Å². The van der Waals surface area contributed by atoms with Gasteiger partial charge in [-0.1, -0.05) is 29.3 Å². The molecule has 3 N–H and O–H groups in total. The Labute approximate surface area is 122 Å². The number of rotatable bonds is 4. The second-order valence-corrected chi connectivity index (χ2v) is 5.30.